The van der Waals surface area contributed by atoms with E-state index < -0.39 is 29.6 Å². The maximum Gasteiger partial charge on any atom is 0.366 e. The summed E-state index contributed by atoms with van der Waals surface area (Å²) < 4.78 is 19.5. The molecule has 138 valence electrons. The molecule has 26 heavy (non-hydrogen) atoms. The highest BCUT2D eigenvalue weighted by atomic mass is 19.1. The lowest BCUT2D eigenvalue weighted by atomic mass is 9.94. The fourth-order valence-electron chi connectivity index (χ4n) is 4.28. The van der Waals surface area contributed by atoms with Gasteiger partial charge in [-0.25, -0.2) is 14.0 Å². The molecule has 4 rings (SSSR count). The molecule has 1 aromatic carbocycles. The number of rotatable bonds is 2. The summed E-state index contributed by atoms with van der Waals surface area (Å²) in [6, 6.07) is 5.14. The summed E-state index contributed by atoms with van der Waals surface area (Å²) >= 11 is 0. The highest BCUT2D eigenvalue weighted by molar-refractivity contribution is 5.92. The van der Waals surface area contributed by atoms with Gasteiger partial charge in [-0.2, -0.15) is 0 Å². The minimum absolute atomic E-state index is 0.0387. The van der Waals surface area contributed by atoms with Crippen molar-refractivity contribution >= 4 is 11.9 Å². The molecule has 2 fully saturated rings. The van der Waals surface area contributed by atoms with Crippen LogP contribution in [0.1, 0.15) is 44.1 Å². The van der Waals surface area contributed by atoms with Crippen LogP contribution in [-0.4, -0.2) is 23.5 Å². The monoisotopic (exact) mass is 361 g/mol. The van der Waals surface area contributed by atoms with E-state index in [4.69, 9.17) is 14.5 Å². The third-order valence-corrected chi connectivity index (χ3v) is 5.49. The number of hydrogen-bond donors (Lipinski definition) is 1. The molecule has 6 nitrogen and oxygen atoms in total. The lowest BCUT2D eigenvalue weighted by Gasteiger charge is -2.38. The first kappa shape index (κ1) is 17.2. The van der Waals surface area contributed by atoms with Crippen LogP contribution in [0, 0.1) is 5.82 Å². The Labute approximate surface area is 150 Å². The standard InChI is InChI=1S/C19H20FNO5/c20-14-5-3-4-13(12-14)19(24-16(22)6-7-17(23)25-26-19)15-8-11-18(21-15)9-1-2-10-18/h3-7,12,15,21H,1-2,8-11H2/b7-6-/t15-,19+/m1/s1. The third-order valence-electron chi connectivity index (χ3n) is 5.49. The normalized spacial score (nSPS) is 32.0. The van der Waals surface area contributed by atoms with Crippen LogP contribution in [0.3, 0.4) is 0 Å². The molecule has 2 heterocycles. The molecule has 2 aliphatic heterocycles. The summed E-state index contributed by atoms with van der Waals surface area (Å²) in [7, 11) is 0. The van der Waals surface area contributed by atoms with Gasteiger partial charge in [0, 0.05) is 23.3 Å². The number of cyclic esters (lactones) is 1. The summed E-state index contributed by atoms with van der Waals surface area (Å²) in [5, 5.41) is 3.54. The predicted octanol–water partition coefficient (Wildman–Crippen LogP) is 2.63. The molecule has 1 N–H and O–H groups in total. The zero-order chi connectivity index (χ0) is 18.2. The molecular weight excluding hydrogens is 341 g/mol. The van der Waals surface area contributed by atoms with Gasteiger partial charge in [-0.1, -0.05) is 25.0 Å². The van der Waals surface area contributed by atoms with E-state index in [1.807, 2.05) is 0 Å². The van der Waals surface area contributed by atoms with Crippen molar-refractivity contribution in [2.24, 2.45) is 0 Å². The van der Waals surface area contributed by atoms with Crippen molar-refractivity contribution < 1.29 is 28.5 Å². The Morgan fingerprint density at radius 2 is 1.85 bits per heavy atom. The zero-order valence-corrected chi connectivity index (χ0v) is 14.2. The fourth-order valence-corrected chi connectivity index (χ4v) is 4.28. The van der Waals surface area contributed by atoms with E-state index in [2.05, 4.69) is 5.32 Å². The summed E-state index contributed by atoms with van der Waals surface area (Å²) in [6.07, 6.45) is 7.75. The average molecular weight is 361 g/mol. The van der Waals surface area contributed by atoms with Crippen molar-refractivity contribution in [3.05, 3.63) is 47.8 Å². The van der Waals surface area contributed by atoms with Crippen molar-refractivity contribution in [1.29, 1.82) is 0 Å². The molecule has 0 unspecified atom stereocenters. The van der Waals surface area contributed by atoms with Crippen LogP contribution in [0.2, 0.25) is 0 Å². The van der Waals surface area contributed by atoms with E-state index >= 15 is 0 Å². The molecule has 7 heteroatoms. The van der Waals surface area contributed by atoms with E-state index in [0.717, 1.165) is 44.3 Å². The largest absolute Gasteiger partial charge is 0.420 e. The Hall–Kier alpha value is -2.25. The predicted molar refractivity (Wildman–Crippen MR) is 87.8 cm³/mol. The molecule has 0 radical (unpaired) electrons. The van der Waals surface area contributed by atoms with Gasteiger partial charge in [0.05, 0.1) is 6.04 Å². The Kier molecular flexibility index (Phi) is 4.28. The number of carbonyl (C=O) groups is 2. The van der Waals surface area contributed by atoms with Gasteiger partial charge in [0.25, 0.3) is 5.79 Å². The van der Waals surface area contributed by atoms with E-state index in [-0.39, 0.29) is 11.1 Å². The van der Waals surface area contributed by atoms with Crippen LogP contribution in [0.25, 0.3) is 0 Å². The lowest BCUT2D eigenvalue weighted by Crippen LogP contribution is -2.54. The zero-order valence-electron chi connectivity index (χ0n) is 14.2. The maximum absolute atomic E-state index is 13.9. The Balaban J connectivity index is 1.75. The number of benzene rings is 1. The fraction of sp³-hybridized carbons (Fsp3) is 0.474. The Morgan fingerprint density at radius 1 is 1.08 bits per heavy atom. The van der Waals surface area contributed by atoms with Crippen molar-refractivity contribution in [2.75, 3.05) is 0 Å². The second-order valence-electron chi connectivity index (χ2n) is 7.14. The summed E-state index contributed by atoms with van der Waals surface area (Å²) in [5.41, 5.74) is 0.240. The molecule has 0 bridgehead atoms. The van der Waals surface area contributed by atoms with Crippen LogP contribution in [0.5, 0.6) is 0 Å². The van der Waals surface area contributed by atoms with Crippen LogP contribution >= 0.6 is 0 Å². The van der Waals surface area contributed by atoms with Gasteiger partial charge >= 0.3 is 11.9 Å². The summed E-state index contributed by atoms with van der Waals surface area (Å²) in [4.78, 5) is 34.1. The highest BCUT2D eigenvalue weighted by Gasteiger charge is 2.55. The number of halogens is 1. The molecule has 1 saturated heterocycles. The van der Waals surface area contributed by atoms with Crippen LogP contribution in [-0.2, 0) is 29.9 Å². The second kappa shape index (κ2) is 6.48. The smallest absolute Gasteiger partial charge is 0.366 e. The summed E-state index contributed by atoms with van der Waals surface area (Å²) in [5.74, 6) is -3.82. The van der Waals surface area contributed by atoms with Gasteiger partial charge in [0.15, 0.2) is 0 Å². The molecule has 1 aliphatic carbocycles. The second-order valence-corrected chi connectivity index (χ2v) is 7.14. The van der Waals surface area contributed by atoms with Crippen molar-refractivity contribution in [3.63, 3.8) is 0 Å². The number of nitrogens with one attached hydrogen (secondary N) is 1. The van der Waals surface area contributed by atoms with Gasteiger partial charge in [-0.05, 0) is 37.8 Å². The van der Waals surface area contributed by atoms with Gasteiger partial charge in [-0.3, -0.25) is 4.89 Å². The highest BCUT2D eigenvalue weighted by Crippen LogP contribution is 2.45. The SMILES string of the molecule is O=C1/C=C\C(=O)O[C@](c2cccc(F)c2)([C@H]2CCC3(CCCC3)N2)OO1. The maximum atomic E-state index is 13.9. The van der Waals surface area contributed by atoms with Gasteiger partial charge in [-0.15, -0.1) is 4.89 Å². The number of esters is 1. The molecular formula is C19H20FNO5. The average Bonchev–Trinajstić information content (AvgIpc) is 3.26. The molecule has 0 aromatic heterocycles. The minimum atomic E-state index is -1.74. The minimum Gasteiger partial charge on any atom is -0.420 e. The number of carbonyl (C=O) groups excluding carboxylic acids is 2. The number of hydrogen-bond acceptors (Lipinski definition) is 6. The summed E-state index contributed by atoms with van der Waals surface area (Å²) in [6.45, 7) is 0. The molecule has 1 saturated carbocycles. The molecule has 2 atom stereocenters. The topological polar surface area (TPSA) is 73.9 Å². The van der Waals surface area contributed by atoms with Crippen molar-refractivity contribution in [1.82, 2.24) is 5.32 Å². The first-order valence-corrected chi connectivity index (χ1v) is 8.86. The van der Waals surface area contributed by atoms with Crippen LogP contribution in [0.15, 0.2) is 36.4 Å². The first-order valence-electron chi connectivity index (χ1n) is 8.86. The van der Waals surface area contributed by atoms with E-state index in [1.54, 1.807) is 6.07 Å². The quantitative estimate of drug-likeness (QED) is 0.645. The van der Waals surface area contributed by atoms with E-state index in [1.165, 1.54) is 18.2 Å². The Bertz CT molecular complexity index is 758. The number of ether oxygens (including phenoxy) is 1. The molecule has 3 aliphatic rings. The first-order chi connectivity index (χ1) is 12.5. The van der Waals surface area contributed by atoms with Gasteiger partial charge in [0.1, 0.15) is 5.82 Å². The van der Waals surface area contributed by atoms with Crippen LogP contribution < -0.4 is 5.32 Å². The lowest BCUT2D eigenvalue weighted by molar-refractivity contribution is -0.407. The van der Waals surface area contributed by atoms with E-state index in [0.29, 0.717) is 6.42 Å². The third kappa shape index (κ3) is 3.01. The van der Waals surface area contributed by atoms with Gasteiger partial charge < -0.3 is 10.1 Å². The van der Waals surface area contributed by atoms with E-state index in [9.17, 15) is 14.0 Å². The molecule has 0 amide bonds. The molecule has 1 spiro atoms. The van der Waals surface area contributed by atoms with Gasteiger partial charge in [0.2, 0.25) is 0 Å². The molecule has 1 aromatic rings. The van der Waals surface area contributed by atoms with Crippen molar-refractivity contribution in [3.8, 4) is 0 Å². The Morgan fingerprint density at radius 3 is 2.62 bits per heavy atom. The van der Waals surface area contributed by atoms with Crippen molar-refractivity contribution in [2.45, 2.75) is 55.9 Å². The van der Waals surface area contributed by atoms with Crippen LogP contribution in [0.4, 0.5) is 4.39 Å².